The molecule has 2 N–H and O–H groups in total. The van der Waals surface area contributed by atoms with E-state index in [1.54, 1.807) is 0 Å². The Morgan fingerprint density at radius 3 is 1.69 bits per heavy atom. The van der Waals surface area contributed by atoms with Crippen LogP contribution >= 0.6 is 0 Å². The molecular formula is C20H33NO5. The maximum Gasteiger partial charge on any atom is 0.303 e. The minimum Gasteiger partial charge on any atom is -0.508 e. The Morgan fingerprint density at radius 1 is 0.885 bits per heavy atom. The number of phenols is 1. The van der Waals surface area contributed by atoms with Crippen molar-refractivity contribution in [1.82, 2.24) is 0 Å². The molecule has 0 bridgehead atoms. The predicted molar refractivity (Wildman–Crippen MR) is 103 cm³/mol. The van der Waals surface area contributed by atoms with Crippen molar-refractivity contribution in [2.75, 3.05) is 0 Å². The molecule has 0 saturated carbocycles. The number of hydrogen-bond donors (Lipinski definition) is 2. The monoisotopic (exact) mass is 367 g/mol. The normalized spacial score (nSPS) is 10.0. The topological polar surface area (TPSA) is 101 Å². The summed E-state index contributed by atoms with van der Waals surface area (Å²) in [6, 6.07) is 5.04. The molecule has 1 aromatic carbocycles. The summed E-state index contributed by atoms with van der Waals surface area (Å²) in [5, 5.41) is 27.2. The molecule has 0 fully saturated rings. The highest BCUT2D eigenvalue weighted by Crippen LogP contribution is 2.15. The van der Waals surface area contributed by atoms with Gasteiger partial charge in [-0.1, -0.05) is 71.1 Å². The minimum absolute atomic E-state index is 0.0159. The Labute approximate surface area is 156 Å². The highest BCUT2D eigenvalue weighted by atomic mass is 16.6. The number of carbonyl (C=O) groups is 1. The number of rotatable bonds is 13. The first kappa shape index (κ1) is 23.9. The maximum absolute atomic E-state index is 10.3. The van der Waals surface area contributed by atoms with Gasteiger partial charge >= 0.3 is 5.97 Å². The highest BCUT2D eigenvalue weighted by Gasteiger charge is 2.01. The van der Waals surface area contributed by atoms with Crippen LogP contribution in [0.15, 0.2) is 24.3 Å². The summed E-state index contributed by atoms with van der Waals surface area (Å²) in [6.45, 7) is 2.25. The van der Waals surface area contributed by atoms with E-state index in [4.69, 9.17) is 10.2 Å². The van der Waals surface area contributed by atoms with Crippen LogP contribution in [0.2, 0.25) is 0 Å². The van der Waals surface area contributed by atoms with E-state index >= 15 is 0 Å². The number of nitro benzene ring substituents is 1. The predicted octanol–water partition coefficient (Wildman–Crippen LogP) is 6.07. The summed E-state index contributed by atoms with van der Waals surface area (Å²) in [4.78, 5) is 19.8. The second kappa shape index (κ2) is 16.4. The van der Waals surface area contributed by atoms with Crippen molar-refractivity contribution in [3.63, 3.8) is 0 Å². The first-order chi connectivity index (χ1) is 12.5. The van der Waals surface area contributed by atoms with E-state index in [1.807, 2.05) is 0 Å². The lowest BCUT2D eigenvalue weighted by Crippen LogP contribution is -1.93. The number of phenolic OH excluding ortho intramolecular Hbond substituents is 1. The van der Waals surface area contributed by atoms with Crippen molar-refractivity contribution in [3.8, 4) is 5.75 Å². The summed E-state index contributed by atoms with van der Waals surface area (Å²) in [5.41, 5.74) is -0.0159. The van der Waals surface area contributed by atoms with Crippen LogP contribution in [-0.2, 0) is 4.79 Å². The molecule has 0 heterocycles. The van der Waals surface area contributed by atoms with Crippen molar-refractivity contribution < 1.29 is 19.9 Å². The van der Waals surface area contributed by atoms with Crippen LogP contribution in [0.1, 0.15) is 84.0 Å². The largest absolute Gasteiger partial charge is 0.508 e. The zero-order valence-electron chi connectivity index (χ0n) is 15.9. The van der Waals surface area contributed by atoms with Crippen molar-refractivity contribution in [3.05, 3.63) is 34.4 Å². The third-order valence-corrected chi connectivity index (χ3v) is 4.05. The third kappa shape index (κ3) is 15.4. The highest BCUT2D eigenvalue weighted by molar-refractivity contribution is 5.66. The van der Waals surface area contributed by atoms with E-state index in [9.17, 15) is 14.9 Å². The van der Waals surface area contributed by atoms with Gasteiger partial charge in [-0.2, -0.15) is 0 Å². The zero-order valence-corrected chi connectivity index (χ0v) is 15.9. The molecule has 0 amide bonds. The van der Waals surface area contributed by atoms with Gasteiger partial charge in [0.15, 0.2) is 0 Å². The number of non-ortho nitro benzene ring substituents is 1. The fourth-order valence-corrected chi connectivity index (χ4v) is 2.51. The quantitative estimate of drug-likeness (QED) is 0.250. The molecule has 0 aromatic heterocycles. The second-order valence-corrected chi connectivity index (χ2v) is 6.45. The summed E-state index contributed by atoms with van der Waals surface area (Å²) >= 11 is 0. The average Bonchev–Trinajstić information content (AvgIpc) is 2.60. The molecule has 1 aromatic rings. The van der Waals surface area contributed by atoms with E-state index in [0.717, 1.165) is 12.8 Å². The van der Waals surface area contributed by atoms with Crippen LogP contribution in [0, 0.1) is 10.1 Å². The van der Waals surface area contributed by atoms with Gasteiger partial charge in [0, 0.05) is 18.6 Å². The minimum atomic E-state index is -0.657. The van der Waals surface area contributed by atoms with E-state index in [2.05, 4.69) is 6.92 Å². The van der Waals surface area contributed by atoms with E-state index < -0.39 is 10.9 Å². The fraction of sp³-hybridized carbons (Fsp3) is 0.650. The van der Waals surface area contributed by atoms with Crippen LogP contribution in [0.5, 0.6) is 5.75 Å². The van der Waals surface area contributed by atoms with Gasteiger partial charge in [-0.25, -0.2) is 0 Å². The maximum atomic E-state index is 10.3. The Balaban J connectivity index is 0.000000531. The van der Waals surface area contributed by atoms with Crippen molar-refractivity contribution in [1.29, 1.82) is 0 Å². The van der Waals surface area contributed by atoms with Gasteiger partial charge in [0.25, 0.3) is 5.69 Å². The molecule has 0 unspecified atom stereocenters. The number of aromatic hydroxyl groups is 1. The number of unbranched alkanes of at least 4 members (excludes halogenated alkanes) is 10. The molecule has 1 rings (SSSR count). The number of nitro groups is 1. The first-order valence-electron chi connectivity index (χ1n) is 9.62. The number of benzene rings is 1. The number of aliphatic carboxylic acids is 1. The molecule has 0 radical (unpaired) electrons. The summed E-state index contributed by atoms with van der Waals surface area (Å²) in [6.07, 6.45) is 14.4. The van der Waals surface area contributed by atoms with E-state index in [0.29, 0.717) is 6.42 Å². The second-order valence-electron chi connectivity index (χ2n) is 6.45. The van der Waals surface area contributed by atoms with Crippen LogP contribution in [0.25, 0.3) is 0 Å². The lowest BCUT2D eigenvalue weighted by atomic mass is 10.1. The van der Waals surface area contributed by atoms with E-state index in [-0.39, 0.29) is 11.4 Å². The molecule has 0 aliphatic heterocycles. The summed E-state index contributed by atoms with van der Waals surface area (Å²) < 4.78 is 0. The molecule has 6 nitrogen and oxygen atoms in total. The lowest BCUT2D eigenvalue weighted by Gasteiger charge is -2.01. The van der Waals surface area contributed by atoms with Gasteiger partial charge < -0.3 is 10.2 Å². The standard InChI is InChI=1S/C14H28O2.C6H5NO3/c1-2-3-4-5-6-7-8-9-10-11-12-13-14(15)16;8-6-3-1-5(2-4-6)7(9)10/h2-13H2,1H3,(H,15,16);1-4,8H. The molecular weight excluding hydrogens is 334 g/mol. The van der Waals surface area contributed by atoms with E-state index in [1.165, 1.54) is 82.1 Å². The summed E-state index contributed by atoms with van der Waals surface area (Å²) in [7, 11) is 0. The SMILES string of the molecule is CCCCCCCCCCCCCC(=O)O.O=[N+]([O-])c1ccc(O)cc1. The van der Waals surface area contributed by atoms with Gasteiger partial charge in [-0.3, -0.25) is 14.9 Å². The molecule has 6 heteroatoms. The molecule has 0 aliphatic carbocycles. The van der Waals surface area contributed by atoms with Crippen molar-refractivity contribution >= 4 is 11.7 Å². The summed E-state index contributed by atoms with van der Waals surface area (Å²) in [5.74, 6) is -0.624. The Morgan fingerprint density at radius 2 is 1.31 bits per heavy atom. The van der Waals surface area contributed by atoms with Gasteiger partial charge in [-0.05, 0) is 18.6 Å². The van der Waals surface area contributed by atoms with Crippen LogP contribution in [-0.4, -0.2) is 21.1 Å². The molecule has 0 spiro atoms. The fourth-order valence-electron chi connectivity index (χ4n) is 2.51. The molecule has 0 saturated heterocycles. The lowest BCUT2D eigenvalue weighted by molar-refractivity contribution is -0.384. The van der Waals surface area contributed by atoms with Gasteiger partial charge in [0.05, 0.1) is 4.92 Å². The van der Waals surface area contributed by atoms with Crippen LogP contribution in [0.3, 0.4) is 0 Å². The Kier molecular flexibility index (Phi) is 15.0. The van der Waals surface area contributed by atoms with Gasteiger partial charge in [0.2, 0.25) is 0 Å². The van der Waals surface area contributed by atoms with Gasteiger partial charge in [-0.15, -0.1) is 0 Å². The molecule has 0 atom stereocenters. The van der Waals surface area contributed by atoms with Crippen LogP contribution in [0.4, 0.5) is 5.69 Å². The number of carboxylic acids is 1. The number of hydrogen-bond acceptors (Lipinski definition) is 4. The Hall–Kier alpha value is -2.11. The van der Waals surface area contributed by atoms with Crippen molar-refractivity contribution in [2.45, 2.75) is 84.0 Å². The van der Waals surface area contributed by atoms with Gasteiger partial charge in [0.1, 0.15) is 5.75 Å². The smallest absolute Gasteiger partial charge is 0.303 e. The Bertz CT molecular complexity index is 487. The van der Waals surface area contributed by atoms with Crippen molar-refractivity contribution in [2.24, 2.45) is 0 Å². The van der Waals surface area contributed by atoms with Crippen LogP contribution < -0.4 is 0 Å². The molecule has 26 heavy (non-hydrogen) atoms. The number of nitrogens with zero attached hydrogens (tertiary/aromatic N) is 1. The first-order valence-corrected chi connectivity index (χ1v) is 9.62. The molecule has 148 valence electrons. The average molecular weight is 367 g/mol. The number of carboxylic acid groups (broad SMARTS) is 1. The third-order valence-electron chi connectivity index (χ3n) is 4.05. The molecule has 0 aliphatic rings. The zero-order chi connectivity index (χ0) is 19.6.